The van der Waals surface area contributed by atoms with Gasteiger partial charge in [0.05, 0.1) is 24.8 Å². The van der Waals surface area contributed by atoms with Crippen LogP contribution >= 0.6 is 0 Å². The molecule has 2 N–H and O–H groups in total. The Morgan fingerprint density at radius 3 is 2.10 bits per heavy atom. The first kappa shape index (κ1) is 21.6. The monoisotopic (exact) mass is 398 g/mol. The topological polar surface area (TPSA) is 111 Å². The van der Waals surface area contributed by atoms with E-state index < -0.39 is 30.4 Å². The molecule has 0 saturated carbocycles. The minimum absolute atomic E-state index is 0.179. The van der Waals surface area contributed by atoms with E-state index in [9.17, 15) is 19.2 Å². The second-order valence-electron chi connectivity index (χ2n) is 6.22. The van der Waals surface area contributed by atoms with Crippen LogP contribution in [0.25, 0.3) is 0 Å². The van der Waals surface area contributed by atoms with Crippen LogP contribution < -0.4 is 10.6 Å². The molecular weight excluding hydrogens is 376 g/mol. The van der Waals surface area contributed by atoms with E-state index >= 15 is 0 Å². The summed E-state index contributed by atoms with van der Waals surface area (Å²) < 4.78 is 9.47. The Bertz CT molecular complexity index is 921. The summed E-state index contributed by atoms with van der Waals surface area (Å²) in [6.45, 7) is 3.04. The number of hydrogen-bond donors (Lipinski definition) is 2. The molecule has 152 valence electrons. The van der Waals surface area contributed by atoms with Crippen molar-refractivity contribution in [1.29, 1.82) is 0 Å². The molecule has 29 heavy (non-hydrogen) atoms. The summed E-state index contributed by atoms with van der Waals surface area (Å²) in [6.07, 6.45) is 0. The molecule has 0 unspecified atom stereocenters. The summed E-state index contributed by atoms with van der Waals surface area (Å²) in [4.78, 5) is 47.1. The Balaban J connectivity index is 1.77. The third-order valence-corrected chi connectivity index (χ3v) is 4.20. The fourth-order valence-electron chi connectivity index (χ4n) is 2.39. The van der Waals surface area contributed by atoms with Crippen molar-refractivity contribution >= 4 is 29.4 Å². The molecule has 0 aliphatic rings. The molecule has 8 heteroatoms. The molecule has 0 atom stereocenters. The summed E-state index contributed by atoms with van der Waals surface area (Å²) in [5.41, 5.74) is 3.12. The lowest BCUT2D eigenvalue weighted by atomic mass is 10.1. The highest BCUT2D eigenvalue weighted by Crippen LogP contribution is 2.17. The second kappa shape index (κ2) is 10.0. The number of anilines is 1. The van der Waals surface area contributed by atoms with Crippen LogP contribution in [0.5, 0.6) is 0 Å². The van der Waals surface area contributed by atoms with Crippen molar-refractivity contribution < 1.29 is 28.7 Å². The number of aryl methyl sites for hydroxylation is 1. The van der Waals surface area contributed by atoms with Gasteiger partial charge in [-0.15, -0.1) is 0 Å². The van der Waals surface area contributed by atoms with Gasteiger partial charge >= 0.3 is 11.9 Å². The summed E-state index contributed by atoms with van der Waals surface area (Å²) >= 11 is 0. The molecule has 0 aliphatic heterocycles. The standard InChI is InChI=1S/C21H22N2O6/c1-13-5-4-6-17(14(13)2)23-18(24)11-22-19(25)12-29-21(27)16-9-7-15(8-10-16)20(26)28-3/h4-10H,11-12H2,1-3H3,(H,22,25)(H,23,24). The maximum Gasteiger partial charge on any atom is 0.338 e. The average Bonchev–Trinajstić information content (AvgIpc) is 2.73. The predicted octanol–water partition coefficient (Wildman–Crippen LogP) is 2.00. The van der Waals surface area contributed by atoms with Crippen molar-refractivity contribution in [2.75, 3.05) is 25.6 Å². The maximum atomic E-state index is 12.0. The Morgan fingerprint density at radius 2 is 1.48 bits per heavy atom. The first-order valence-electron chi connectivity index (χ1n) is 8.80. The number of nitrogens with one attached hydrogen (secondary N) is 2. The fraction of sp³-hybridized carbons (Fsp3) is 0.238. The molecule has 2 aromatic rings. The third kappa shape index (κ3) is 6.17. The Morgan fingerprint density at radius 1 is 0.862 bits per heavy atom. The molecule has 0 fully saturated rings. The van der Waals surface area contributed by atoms with E-state index in [4.69, 9.17) is 4.74 Å². The summed E-state index contributed by atoms with van der Waals surface area (Å²) in [5.74, 6) is -2.25. The zero-order valence-electron chi connectivity index (χ0n) is 16.4. The second-order valence-corrected chi connectivity index (χ2v) is 6.22. The van der Waals surface area contributed by atoms with Crippen molar-refractivity contribution in [2.24, 2.45) is 0 Å². The number of carbonyl (C=O) groups excluding carboxylic acids is 4. The highest BCUT2D eigenvalue weighted by atomic mass is 16.5. The quantitative estimate of drug-likeness (QED) is 0.690. The van der Waals surface area contributed by atoms with Gasteiger partial charge in [0.2, 0.25) is 5.91 Å². The molecule has 0 radical (unpaired) electrons. The number of ether oxygens (including phenoxy) is 2. The lowest BCUT2D eigenvalue weighted by molar-refractivity contribution is -0.126. The molecule has 8 nitrogen and oxygen atoms in total. The number of carbonyl (C=O) groups is 4. The van der Waals surface area contributed by atoms with E-state index in [-0.39, 0.29) is 17.7 Å². The van der Waals surface area contributed by atoms with E-state index in [0.29, 0.717) is 5.69 Å². The van der Waals surface area contributed by atoms with Crippen molar-refractivity contribution in [2.45, 2.75) is 13.8 Å². The summed E-state index contributed by atoms with van der Waals surface area (Å²) in [7, 11) is 1.26. The Labute approximate surface area is 168 Å². The zero-order chi connectivity index (χ0) is 21.4. The van der Waals surface area contributed by atoms with Gasteiger partial charge in [0, 0.05) is 5.69 Å². The molecular formula is C21H22N2O6. The normalized spacial score (nSPS) is 10.0. The number of benzene rings is 2. The van der Waals surface area contributed by atoms with E-state index in [2.05, 4.69) is 15.4 Å². The lowest BCUT2D eigenvalue weighted by Crippen LogP contribution is -2.35. The average molecular weight is 398 g/mol. The van der Waals surface area contributed by atoms with Crippen LogP contribution in [0, 0.1) is 13.8 Å². The molecule has 0 aliphatic carbocycles. The largest absolute Gasteiger partial charge is 0.465 e. The Kier molecular flexibility index (Phi) is 7.47. The van der Waals surface area contributed by atoms with Gasteiger partial charge in [0.1, 0.15) is 0 Å². The van der Waals surface area contributed by atoms with Crippen LogP contribution in [0.1, 0.15) is 31.8 Å². The van der Waals surface area contributed by atoms with Gasteiger partial charge in [-0.2, -0.15) is 0 Å². The minimum Gasteiger partial charge on any atom is -0.465 e. The first-order valence-corrected chi connectivity index (χ1v) is 8.80. The molecule has 0 heterocycles. The van der Waals surface area contributed by atoms with Gasteiger partial charge in [-0.1, -0.05) is 12.1 Å². The minimum atomic E-state index is -0.726. The van der Waals surface area contributed by atoms with Gasteiger partial charge in [-0.05, 0) is 55.3 Å². The maximum absolute atomic E-state index is 12.0. The van der Waals surface area contributed by atoms with Crippen LogP contribution in [-0.4, -0.2) is 44.0 Å². The van der Waals surface area contributed by atoms with Gasteiger partial charge in [0.25, 0.3) is 5.91 Å². The molecule has 0 spiro atoms. The van der Waals surface area contributed by atoms with E-state index in [1.54, 1.807) is 6.07 Å². The highest BCUT2D eigenvalue weighted by molar-refractivity contribution is 5.96. The van der Waals surface area contributed by atoms with Crippen LogP contribution in [0.3, 0.4) is 0 Å². The highest BCUT2D eigenvalue weighted by Gasteiger charge is 2.13. The first-order chi connectivity index (χ1) is 13.8. The number of rotatable bonds is 7. The molecule has 0 bridgehead atoms. The smallest absolute Gasteiger partial charge is 0.338 e. The lowest BCUT2D eigenvalue weighted by Gasteiger charge is -2.11. The number of hydrogen-bond acceptors (Lipinski definition) is 6. The zero-order valence-corrected chi connectivity index (χ0v) is 16.4. The van der Waals surface area contributed by atoms with Gasteiger partial charge < -0.3 is 20.1 Å². The van der Waals surface area contributed by atoms with Crippen molar-refractivity contribution in [3.05, 3.63) is 64.7 Å². The van der Waals surface area contributed by atoms with Crippen molar-refractivity contribution in [3.8, 4) is 0 Å². The van der Waals surface area contributed by atoms with Gasteiger partial charge in [-0.25, -0.2) is 9.59 Å². The van der Waals surface area contributed by atoms with E-state index in [0.717, 1.165) is 11.1 Å². The van der Waals surface area contributed by atoms with E-state index in [1.807, 2.05) is 26.0 Å². The van der Waals surface area contributed by atoms with Gasteiger partial charge in [0.15, 0.2) is 6.61 Å². The van der Waals surface area contributed by atoms with Crippen LogP contribution in [-0.2, 0) is 19.1 Å². The van der Waals surface area contributed by atoms with Gasteiger partial charge in [-0.3, -0.25) is 9.59 Å². The fourth-order valence-corrected chi connectivity index (χ4v) is 2.39. The number of amides is 2. The molecule has 0 aromatic heterocycles. The SMILES string of the molecule is COC(=O)c1ccc(C(=O)OCC(=O)NCC(=O)Nc2cccc(C)c2C)cc1. The van der Waals surface area contributed by atoms with Crippen molar-refractivity contribution in [3.63, 3.8) is 0 Å². The number of esters is 2. The van der Waals surface area contributed by atoms with Crippen LogP contribution in [0.15, 0.2) is 42.5 Å². The number of methoxy groups -OCH3 is 1. The van der Waals surface area contributed by atoms with Crippen LogP contribution in [0.2, 0.25) is 0 Å². The molecule has 2 rings (SSSR count). The van der Waals surface area contributed by atoms with Crippen LogP contribution in [0.4, 0.5) is 5.69 Å². The summed E-state index contributed by atoms with van der Waals surface area (Å²) in [5, 5.41) is 5.10. The van der Waals surface area contributed by atoms with E-state index in [1.165, 1.54) is 31.4 Å². The predicted molar refractivity (Wildman–Crippen MR) is 106 cm³/mol. The molecule has 0 saturated heterocycles. The third-order valence-electron chi connectivity index (χ3n) is 4.20. The Hall–Kier alpha value is -3.68. The van der Waals surface area contributed by atoms with Crippen molar-refractivity contribution in [1.82, 2.24) is 5.32 Å². The summed E-state index contributed by atoms with van der Waals surface area (Å²) in [6, 6.07) is 11.2. The molecule has 2 aromatic carbocycles. The molecule has 2 amide bonds.